The maximum Gasteiger partial charge on any atom is 0.229 e. The van der Waals surface area contributed by atoms with Gasteiger partial charge in [-0.15, -0.1) is 0 Å². The van der Waals surface area contributed by atoms with E-state index in [1.165, 1.54) is 5.57 Å². The first-order valence-corrected chi connectivity index (χ1v) is 9.94. The average Bonchev–Trinajstić information content (AvgIpc) is 2.73. The van der Waals surface area contributed by atoms with Gasteiger partial charge < -0.3 is 10.1 Å². The fraction of sp³-hybridized carbons (Fsp3) is 0.364. The highest BCUT2D eigenvalue weighted by atomic mass is 16.5. The third-order valence-corrected chi connectivity index (χ3v) is 4.86. The number of allylic oxidation sites excluding steroid dienone is 1. The molecule has 2 heterocycles. The van der Waals surface area contributed by atoms with Gasteiger partial charge in [-0.05, 0) is 48.6 Å². The standard InChI is InChI=1S/C22H27N5O2/c1-4-19(20-10-11-23-22(27-20)25-14-28)26-17-8-6-16(7-9-17)18-13-24-21(29-5-2)12-15(18)3/h6-11,13-15,19,26H,4-5,12H2,1-3H3,(H,23,25,27,28). The van der Waals surface area contributed by atoms with Gasteiger partial charge in [-0.25, -0.2) is 15.0 Å². The van der Waals surface area contributed by atoms with Gasteiger partial charge in [0.15, 0.2) is 5.90 Å². The van der Waals surface area contributed by atoms with E-state index in [4.69, 9.17) is 4.74 Å². The highest BCUT2D eigenvalue weighted by molar-refractivity contribution is 5.84. The molecule has 1 aliphatic heterocycles. The molecule has 0 fully saturated rings. The molecule has 0 aliphatic carbocycles. The van der Waals surface area contributed by atoms with Gasteiger partial charge in [0, 0.05) is 24.5 Å². The van der Waals surface area contributed by atoms with E-state index in [9.17, 15) is 4.79 Å². The summed E-state index contributed by atoms with van der Waals surface area (Å²) in [7, 11) is 0. The molecule has 2 unspecified atom stereocenters. The number of hydrogen-bond acceptors (Lipinski definition) is 6. The van der Waals surface area contributed by atoms with Gasteiger partial charge in [-0.3, -0.25) is 10.1 Å². The normalized spacial score (nSPS) is 17.0. The molecule has 7 heteroatoms. The van der Waals surface area contributed by atoms with Crippen molar-refractivity contribution >= 4 is 29.5 Å². The van der Waals surface area contributed by atoms with Crippen LogP contribution in [0.15, 0.2) is 47.7 Å². The lowest BCUT2D eigenvalue weighted by atomic mass is 9.90. The molecule has 2 N–H and O–H groups in total. The lowest BCUT2D eigenvalue weighted by molar-refractivity contribution is -0.105. The summed E-state index contributed by atoms with van der Waals surface area (Å²) in [6.45, 7) is 6.90. The van der Waals surface area contributed by atoms with E-state index < -0.39 is 0 Å². The second kappa shape index (κ2) is 9.82. The highest BCUT2D eigenvalue weighted by Crippen LogP contribution is 2.31. The number of carbonyl (C=O) groups is 1. The van der Waals surface area contributed by atoms with Gasteiger partial charge in [0.25, 0.3) is 0 Å². The van der Waals surface area contributed by atoms with E-state index >= 15 is 0 Å². The van der Waals surface area contributed by atoms with Gasteiger partial charge in [-0.1, -0.05) is 26.0 Å². The van der Waals surface area contributed by atoms with Crippen molar-refractivity contribution in [2.24, 2.45) is 10.9 Å². The summed E-state index contributed by atoms with van der Waals surface area (Å²) in [5.41, 5.74) is 4.21. The van der Waals surface area contributed by atoms with Crippen LogP contribution in [0.2, 0.25) is 0 Å². The van der Waals surface area contributed by atoms with Gasteiger partial charge >= 0.3 is 0 Å². The molecule has 1 aliphatic rings. The number of carbonyl (C=O) groups excluding carboxylic acids is 1. The maximum absolute atomic E-state index is 10.6. The van der Waals surface area contributed by atoms with Crippen LogP contribution in [0.25, 0.3) is 5.57 Å². The van der Waals surface area contributed by atoms with Crippen molar-refractivity contribution in [1.29, 1.82) is 0 Å². The number of hydrogen-bond donors (Lipinski definition) is 2. The van der Waals surface area contributed by atoms with Crippen molar-refractivity contribution < 1.29 is 9.53 Å². The fourth-order valence-corrected chi connectivity index (χ4v) is 3.35. The number of rotatable bonds is 8. The molecule has 1 amide bonds. The summed E-state index contributed by atoms with van der Waals surface area (Å²) in [6, 6.07) is 10.2. The van der Waals surface area contributed by atoms with Gasteiger partial charge in [0.05, 0.1) is 18.3 Å². The minimum atomic E-state index is 0.0159. The van der Waals surface area contributed by atoms with Crippen molar-refractivity contribution in [3.63, 3.8) is 0 Å². The van der Waals surface area contributed by atoms with Crippen LogP contribution in [0, 0.1) is 5.92 Å². The summed E-state index contributed by atoms with van der Waals surface area (Å²) in [6.07, 6.45) is 5.81. The number of aliphatic imine (C=N–C) groups is 1. The van der Waals surface area contributed by atoms with Crippen LogP contribution in [-0.4, -0.2) is 28.9 Å². The summed E-state index contributed by atoms with van der Waals surface area (Å²) in [5.74, 6) is 1.47. The number of benzene rings is 1. The highest BCUT2D eigenvalue weighted by Gasteiger charge is 2.19. The smallest absolute Gasteiger partial charge is 0.229 e. The number of anilines is 2. The Balaban J connectivity index is 1.73. The molecule has 0 saturated heterocycles. The van der Waals surface area contributed by atoms with E-state index in [-0.39, 0.29) is 6.04 Å². The van der Waals surface area contributed by atoms with Crippen molar-refractivity contribution in [3.8, 4) is 0 Å². The third kappa shape index (κ3) is 5.19. The molecule has 3 rings (SSSR count). The lowest BCUT2D eigenvalue weighted by Gasteiger charge is -2.22. The van der Waals surface area contributed by atoms with E-state index in [2.05, 4.69) is 63.7 Å². The molecule has 2 atom stereocenters. The van der Waals surface area contributed by atoms with Crippen LogP contribution in [0.5, 0.6) is 0 Å². The van der Waals surface area contributed by atoms with Gasteiger partial charge in [0.2, 0.25) is 12.4 Å². The molecule has 0 saturated carbocycles. The molecule has 29 heavy (non-hydrogen) atoms. The van der Waals surface area contributed by atoms with Crippen molar-refractivity contribution in [2.75, 3.05) is 17.2 Å². The van der Waals surface area contributed by atoms with E-state index in [0.29, 0.717) is 24.9 Å². The van der Waals surface area contributed by atoms with E-state index in [0.717, 1.165) is 35.7 Å². The van der Waals surface area contributed by atoms with Crippen LogP contribution in [0.4, 0.5) is 11.6 Å². The van der Waals surface area contributed by atoms with Crippen LogP contribution >= 0.6 is 0 Å². The fourth-order valence-electron chi connectivity index (χ4n) is 3.35. The first-order chi connectivity index (χ1) is 14.1. The molecule has 152 valence electrons. The minimum Gasteiger partial charge on any atom is -0.481 e. The Labute approximate surface area is 171 Å². The van der Waals surface area contributed by atoms with E-state index in [1.54, 1.807) is 6.20 Å². The maximum atomic E-state index is 10.6. The Hall–Kier alpha value is -3.22. The van der Waals surface area contributed by atoms with Crippen LogP contribution in [-0.2, 0) is 9.53 Å². The Morgan fingerprint density at radius 1 is 1.24 bits per heavy atom. The molecule has 1 aromatic heterocycles. The van der Waals surface area contributed by atoms with Crippen molar-refractivity contribution in [2.45, 2.75) is 39.7 Å². The second-order valence-electron chi connectivity index (χ2n) is 6.90. The molecule has 0 spiro atoms. The van der Waals surface area contributed by atoms with Gasteiger partial charge in [0.1, 0.15) is 0 Å². The number of amides is 1. The predicted molar refractivity (Wildman–Crippen MR) is 116 cm³/mol. The molecular weight excluding hydrogens is 366 g/mol. The number of nitrogens with one attached hydrogen (secondary N) is 2. The molecule has 0 bridgehead atoms. The predicted octanol–water partition coefficient (Wildman–Crippen LogP) is 4.42. The minimum absolute atomic E-state index is 0.0159. The Kier molecular flexibility index (Phi) is 6.94. The summed E-state index contributed by atoms with van der Waals surface area (Å²) in [4.78, 5) is 23.5. The van der Waals surface area contributed by atoms with E-state index in [1.807, 2.05) is 19.2 Å². The zero-order valence-electron chi connectivity index (χ0n) is 17.1. The number of aromatic nitrogens is 2. The first kappa shape index (κ1) is 20.5. The zero-order valence-corrected chi connectivity index (χ0v) is 17.1. The lowest BCUT2D eigenvalue weighted by Crippen LogP contribution is -2.15. The molecule has 0 radical (unpaired) electrons. The van der Waals surface area contributed by atoms with Crippen molar-refractivity contribution in [3.05, 3.63) is 54.0 Å². The Morgan fingerprint density at radius 2 is 2.03 bits per heavy atom. The van der Waals surface area contributed by atoms with Crippen molar-refractivity contribution in [1.82, 2.24) is 9.97 Å². The Bertz CT molecular complexity index is 892. The molecule has 2 aromatic rings. The third-order valence-electron chi connectivity index (χ3n) is 4.86. The van der Waals surface area contributed by atoms with Crippen LogP contribution < -0.4 is 10.6 Å². The number of ether oxygens (including phenoxy) is 1. The monoisotopic (exact) mass is 393 g/mol. The Morgan fingerprint density at radius 3 is 2.69 bits per heavy atom. The SMILES string of the molecule is CCOC1=NC=C(c2ccc(NC(CC)c3ccnc(NC=O)n3)cc2)C(C)C1. The van der Waals surface area contributed by atoms with Crippen LogP contribution in [0.1, 0.15) is 50.9 Å². The average molecular weight is 393 g/mol. The largest absolute Gasteiger partial charge is 0.481 e. The summed E-state index contributed by atoms with van der Waals surface area (Å²) < 4.78 is 5.54. The van der Waals surface area contributed by atoms with Gasteiger partial charge in [-0.2, -0.15) is 0 Å². The summed E-state index contributed by atoms with van der Waals surface area (Å²) >= 11 is 0. The molecule has 1 aromatic carbocycles. The molecule has 7 nitrogen and oxygen atoms in total. The molecular formula is C22H27N5O2. The quantitative estimate of drug-likeness (QED) is 0.648. The number of nitrogens with zero attached hydrogens (tertiary/aromatic N) is 3. The first-order valence-electron chi connectivity index (χ1n) is 9.94. The zero-order chi connectivity index (χ0) is 20.6. The van der Waals surface area contributed by atoms with Crippen LogP contribution in [0.3, 0.4) is 0 Å². The topological polar surface area (TPSA) is 88.5 Å². The second-order valence-corrected chi connectivity index (χ2v) is 6.90. The summed E-state index contributed by atoms with van der Waals surface area (Å²) in [5, 5.41) is 6.00.